The van der Waals surface area contributed by atoms with Crippen molar-refractivity contribution in [1.82, 2.24) is 4.90 Å². The van der Waals surface area contributed by atoms with E-state index in [0.717, 1.165) is 13.0 Å². The van der Waals surface area contributed by atoms with Crippen molar-refractivity contribution in [1.29, 1.82) is 0 Å². The Morgan fingerprint density at radius 1 is 1.67 bits per heavy atom. The van der Waals surface area contributed by atoms with Gasteiger partial charge in [0.05, 0.1) is 19.3 Å². The number of rotatable bonds is 2. The molecule has 3 nitrogen and oxygen atoms in total. The molecule has 1 aliphatic heterocycles. The summed E-state index contributed by atoms with van der Waals surface area (Å²) < 4.78 is 5.25. The van der Waals surface area contributed by atoms with Crippen molar-refractivity contribution in [3.63, 3.8) is 0 Å². The van der Waals surface area contributed by atoms with Crippen molar-refractivity contribution < 1.29 is 9.53 Å². The minimum atomic E-state index is 0.262. The summed E-state index contributed by atoms with van der Waals surface area (Å²) in [4.78, 5) is 13.4. The van der Waals surface area contributed by atoms with Gasteiger partial charge in [-0.1, -0.05) is 6.92 Å². The molecular weight excluding hydrogens is 154 g/mol. The lowest BCUT2D eigenvalue weighted by atomic mass is 10.2. The smallest absolute Gasteiger partial charge is 0.222 e. The van der Waals surface area contributed by atoms with E-state index >= 15 is 0 Å². The number of nitrogens with zero attached hydrogens (tertiary/aromatic N) is 1. The molecule has 1 fully saturated rings. The van der Waals surface area contributed by atoms with E-state index in [0.29, 0.717) is 19.6 Å². The normalized spacial score (nSPS) is 24.2. The second kappa shape index (κ2) is 4.45. The Bertz CT molecular complexity index is 159. The molecule has 12 heavy (non-hydrogen) atoms. The summed E-state index contributed by atoms with van der Waals surface area (Å²) in [5.41, 5.74) is 0. The number of hydrogen-bond donors (Lipinski definition) is 0. The van der Waals surface area contributed by atoms with Crippen LogP contribution in [0, 0.1) is 0 Å². The van der Waals surface area contributed by atoms with E-state index in [1.807, 2.05) is 18.7 Å². The topological polar surface area (TPSA) is 29.5 Å². The number of carbonyl (C=O) groups excluding carboxylic acids is 1. The van der Waals surface area contributed by atoms with Gasteiger partial charge in [0.1, 0.15) is 0 Å². The number of carbonyl (C=O) groups is 1. The summed E-state index contributed by atoms with van der Waals surface area (Å²) >= 11 is 0. The van der Waals surface area contributed by atoms with Gasteiger partial charge in [0.15, 0.2) is 0 Å². The minimum absolute atomic E-state index is 0.262. The van der Waals surface area contributed by atoms with Gasteiger partial charge in [-0.05, 0) is 13.3 Å². The Morgan fingerprint density at radius 3 is 3.00 bits per heavy atom. The first-order valence-corrected chi connectivity index (χ1v) is 4.63. The predicted octanol–water partition coefficient (Wildman–Crippen LogP) is 1.03. The zero-order valence-electron chi connectivity index (χ0n) is 7.88. The lowest BCUT2D eigenvalue weighted by Gasteiger charge is -2.33. The van der Waals surface area contributed by atoms with Crippen LogP contribution >= 0.6 is 0 Å². The third-order valence-electron chi connectivity index (χ3n) is 2.15. The molecule has 0 aromatic heterocycles. The fraction of sp³-hybridized carbons (Fsp3) is 0.889. The first-order valence-electron chi connectivity index (χ1n) is 4.63. The monoisotopic (exact) mass is 171 g/mol. The number of amides is 1. The molecule has 1 heterocycles. The van der Waals surface area contributed by atoms with Crippen molar-refractivity contribution >= 4 is 5.91 Å². The third-order valence-corrected chi connectivity index (χ3v) is 2.15. The molecular formula is C9H17NO2. The summed E-state index contributed by atoms with van der Waals surface area (Å²) in [7, 11) is 0. The van der Waals surface area contributed by atoms with Gasteiger partial charge >= 0.3 is 0 Å². The molecule has 0 aromatic carbocycles. The second-order valence-corrected chi connectivity index (χ2v) is 3.26. The molecule has 0 saturated carbocycles. The number of ether oxygens (including phenoxy) is 1. The second-order valence-electron chi connectivity index (χ2n) is 3.26. The molecule has 0 radical (unpaired) electrons. The largest absolute Gasteiger partial charge is 0.377 e. The molecule has 0 N–H and O–H groups in total. The summed E-state index contributed by atoms with van der Waals surface area (Å²) in [6.45, 7) is 6.21. The van der Waals surface area contributed by atoms with Crippen molar-refractivity contribution in [2.75, 3.05) is 19.8 Å². The Hall–Kier alpha value is -0.570. The molecule has 3 heteroatoms. The van der Waals surface area contributed by atoms with Gasteiger partial charge in [-0.2, -0.15) is 0 Å². The van der Waals surface area contributed by atoms with E-state index in [1.165, 1.54) is 0 Å². The number of hydrogen-bond acceptors (Lipinski definition) is 2. The summed E-state index contributed by atoms with van der Waals surface area (Å²) in [6.07, 6.45) is 1.60. The molecule has 0 aromatic rings. The van der Waals surface area contributed by atoms with E-state index in [-0.39, 0.29) is 11.9 Å². The highest BCUT2D eigenvalue weighted by molar-refractivity contribution is 5.76. The number of morpholine rings is 1. The fourth-order valence-corrected chi connectivity index (χ4v) is 1.46. The van der Waals surface area contributed by atoms with Gasteiger partial charge < -0.3 is 9.64 Å². The average molecular weight is 171 g/mol. The summed E-state index contributed by atoms with van der Waals surface area (Å²) in [6, 6.07) is 0.262. The van der Waals surface area contributed by atoms with Gasteiger partial charge in [0, 0.05) is 13.0 Å². The average Bonchev–Trinajstić information content (AvgIpc) is 2.05. The van der Waals surface area contributed by atoms with Gasteiger partial charge in [0.2, 0.25) is 5.91 Å². The fourth-order valence-electron chi connectivity index (χ4n) is 1.46. The Balaban J connectivity index is 2.42. The van der Waals surface area contributed by atoms with E-state index < -0.39 is 0 Å². The maximum atomic E-state index is 11.5. The molecule has 0 aliphatic carbocycles. The van der Waals surface area contributed by atoms with Gasteiger partial charge in [-0.25, -0.2) is 0 Å². The van der Waals surface area contributed by atoms with Crippen LogP contribution in [0.4, 0.5) is 0 Å². The van der Waals surface area contributed by atoms with Crippen molar-refractivity contribution in [2.24, 2.45) is 0 Å². The van der Waals surface area contributed by atoms with Crippen LogP contribution < -0.4 is 0 Å². The van der Waals surface area contributed by atoms with Crippen molar-refractivity contribution in [3.05, 3.63) is 0 Å². The molecule has 1 aliphatic rings. The highest BCUT2D eigenvalue weighted by atomic mass is 16.5. The van der Waals surface area contributed by atoms with Gasteiger partial charge in [-0.15, -0.1) is 0 Å². The van der Waals surface area contributed by atoms with Crippen LogP contribution in [0.15, 0.2) is 0 Å². The van der Waals surface area contributed by atoms with E-state index in [2.05, 4.69) is 0 Å². The Labute approximate surface area is 73.7 Å². The van der Waals surface area contributed by atoms with E-state index in [1.54, 1.807) is 0 Å². The molecule has 0 spiro atoms. The molecule has 1 amide bonds. The Morgan fingerprint density at radius 2 is 2.42 bits per heavy atom. The first-order chi connectivity index (χ1) is 5.75. The summed E-state index contributed by atoms with van der Waals surface area (Å²) in [5, 5.41) is 0. The van der Waals surface area contributed by atoms with Crippen LogP contribution in [0.25, 0.3) is 0 Å². The molecule has 0 bridgehead atoms. The van der Waals surface area contributed by atoms with Crippen LogP contribution in [0.5, 0.6) is 0 Å². The molecule has 70 valence electrons. The van der Waals surface area contributed by atoms with Crippen LogP contribution in [-0.4, -0.2) is 36.6 Å². The van der Waals surface area contributed by atoms with E-state index in [4.69, 9.17) is 4.74 Å². The molecule has 1 unspecified atom stereocenters. The molecule has 1 atom stereocenters. The van der Waals surface area contributed by atoms with Crippen LogP contribution in [0.3, 0.4) is 0 Å². The van der Waals surface area contributed by atoms with Crippen molar-refractivity contribution in [2.45, 2.75) is 32.7 Å². The van der Waals surface area contributed by atoms with Gasteiger partial charge in [-0.3, -0.25) is 4.79 Å². The maximum absolute atomic E-state index is 11.5. The predicted molar refractivity (Wildman–Crippen MR) is 46.9 cm³/mol. The Kier molecular flexibility index (Phi) is 3.53. The zero-order valence-corrected chi connectivity index (χ0v) is 7.88. The van der Waals surface area contributed by atoms with Crippen molar-refractivity contribution in [3.8, 4) is 0 Å². The highest BCUT2D eigenvalue weighted by Crippen LogP contribution is 2.08. The highest BCUT2D eigenvalue weighted by Gasteiger charge is 2.22. The van der Waals surface area contributed by atoms with Crippen LogP contribution in [0.2, 0.25) is 0 Å². The lowest BCUT2D eigenvalue weighted by molar-refractivity contribution is -0.139. The maximum Gasteiger partial charge on any atom is 0.222 e. The third kappa shape index (κ3) is 2.21. The SMILES string of the molecule is CCCC(=O)N1CCOCC1C. The molecule has 1 rings (SSSR count). The zero-order chi connectivity index (χ0) is 8.97. The van der Waals surface area contributed by atoms with Crippen LogP contribution in [-0.2, 0) is 9.53 Å². The summed E-state index contributed by atoms with van der Waals surface area (Å²) in [5.74, 6) is 0.272. The van der Waals surface area contributed by atoms with Gasteiger partial charge in [0.25, 0.3) is 0 Å². The first kappa shape index (κ1) is 9.52. The standard InChI is InChI=1S/C9H17NO2/c1-3-4-9(11)10-5-6-12-7-8(10)2/h8H,3-7H2,1-2H3. The minimum Gasteiger partial charge on any atom is -0.377 e. The molecule has 1 saturated heterocycles. The quantitative estimate of drug-likeness (QED) is 0.621. The van der Waals surface area contributed by atoms with Crippen LogP contribution in [0.1, 0.15) is 26.7 Å². The lowest BCUT2D eigenvalue weighted by Crippen LogP contribution is -2.46. The van der Waals surface area contributed by atoms with E-state index in [9.17, 15) is 4.79 Å².